The van der Waals surface area contributed by atoms with Crippen molar-refractivity contribution in [3.05, 3.63) is 24.3 Å². The number of ether oxygens (including phenoxy) is 2. The molecular formula is C11H17NO2. The van der Waals surface area contributed by atoms with E-state index >= 15 is 0 Å². The summed E-state index contributed by atoms with van der Waals surface area (Å²) in [6, 6.07) is 7.62. The van der Waals surface area contributed by atoms with E-state index in [1.807, 2.05) is 31.2 Å². The van der Waals surface area contributed by atoms with Gasteiger partial charge in [-0.25, -0.2) is 0 Å². The maximum atomic E-state index is 5.74. The summed E-state index contributed by atoms with van der Waals surface area (Å²) >= 11 is 0. The molecule has 0 amide bonds. The van der Waals surface area contributed by atoms with E-state index in [0.29, 0.717) is 6.61 Å². The van der Waals surface area contributed by atoms with E-state index in [9.17, 15) is 0 Å². The number of benzene rings is 1. The first-order chi connectivity index (χ1) is 6.76. The SMILES string of the molecule is CCC(N)COc1cccc(OC)c1. The molecular weight excluding hydrogens is 178 g/mol. The predicted molar refractivity (Wildman–Crippen MR) is 56.8 cm³/mol. The zero-order valence-electron chi connectivity index (χ0n) is 8.69. The predicted octanol–water partition coefficient (Wildman–Crippen LogP) is 1.81. The summed E-state index contributed by atoms with van der Waals surface area (Å²) in [5.41, 5.74) is 5.74. The lowest BCUT2D eigenvalue weighted by Gasteiger charge is -2.11. The zero-order chi connectivity index (χ0) is 10.4. The second-order valence-corrected chi connectivity index (χ2v) is 3.16. The highest BCUT2D eigenvalue weighted by atomic mass is 16.5. The Morgan fingerprint density at radius 1 is 1.36 bits per heavy atom. The molecule has 1 aromatic carbocycles. The van der Waals surface area contributed by atoms with Gasteiger partial charge < -0.3 is 15.2 Å². The summed E-state index contributed by atoms with van der Waals surface area (Å²) in [5.74, 6) is 1.60. The van der Waals surface area contributed by atoms with Gasteiger partial charge in [-0.15, -0.1) is 0 Å². The van der Waals surface area contributed by atoms with E-state index in [1.54, 1.807) is 7.11 Å². The Morgan fingerprint density at radius 2 is 2.07 bits per heavy atom. The molecule has 0 saturated carbocycles. The molecule has 0 fully saturated rings. The fourth-order valence-electron chi connectivity index (χ4n) is 1.01. The third kappa shape index (κ3) is 3.26. The van der Waals surface area contributed by atoms with Crippen molar-refractivity contribution in [3.8, 4) is 11.5 Å². The number of nitrogens with two attached hydrogens (primary N) is 1. The van der Waals surface area contributed by atoms with Gasteiger partial charge in [-0.2, -0.15) is 0 Å². The van der Waals surface area contributed by atoms with Crippen molar-refractivity contribution in [1.29, 1.82) is 0 Å². The standard InChI is InChI=1S/C11H17NO2/c1-3-9(12)8-14-11-6-4-5-10(7-11)13-2/h4-7,9H,3,8,12H2,1-2H3. The van der Waals surface area contributed by atoms with Crippen LogP contribution in [0.15, 0.2) is 24.3 Å². The van der Waals surface area contributed by atoms with Crippen molar-refractivity contribution in [2.24, 2.45) is 5.73 Å². The summed E-state index contributed by atoms with van der Waals surface area (Å²) in [6.45, 7) is 2.59. The number of hydrogen-bond donors (Lipinski definition) is 1. The third-order valence-corrected chi connectivity index (χ3v) is 2.03. The number of rotatable bonds is 5. The minimum absolute atomic E-state index is 0.0983. The molecule has 0 radical (unpaired) electrons. The van der Waals surface area contributed by atoms with Crippen LogP contribution in [0.1, 0.15) is 13.3 Å². The van der Waals surface area contributed by atoms with Crippen molar-refractivity contribution < 1.29 is 9.47 Å². The average Bonchev–Trinajstić information content (AvgIpc) is 2.26. The van der Waals surface area contributed by atoms with E-state index in [2.05, 4.69) is 0 Å². The number of hydrogen-bond acceptors (Lipinski definition) is 3. The summed E-state index contributed by atoms with van der Waals surface area (Å²) in [7, 11) is 1.64. The normalized spacial score (nSPS) is 12.2. The fraction of sp³-hybridized carbons (Fsp3) is 0.455. The molecule has 0 bridgehead atoms. The van der Waals surface area contributed by atoms with E-state index in [0.717, 1.165) is 17.9 Å². The summed E-state index contributed by atoms with van der Waals surface area (Å²) < 4.78 is 10.6. The van der Waals surface area contributed by atoms with Gasteiger partial charge in [-0.1, -0.05) is 13.0 Å². The molecule has 3 nitrogen and oxygen atoms in total. The van der Waals surface area contributed by atoms with Crippen LogP contribution in [0.5, 0.6) is 11.5 Å². The Kier molecular flexibility index (Phi) is 4.26. The van der Waals surface area contributed by atoms with Gasteiger partial charge in [0.15, 0.2) is 0 Å². The minimum atomic E-state index is 0.0983. The molecule has 0 aromatic heterocycles. The Balaban J connectivity index is 2.50. The highest BCUT2D eigenvalue weighted by molar-refractivity contribution is 5.32. The minimum Gasteiger partial charge on any atom is -0.497 e. The van der Waals surface area contributed by atoms with E-state index in [1.165, 1.54) is 0 Å². The summed E-state index contributed by atoms with van der Waals surface area (Å²) in [5, 5.41) is 0. The Labute approximate surface area is 84.8 Å². The van der Waals surface area contributed by atoms with E-state index in [4.69, 9.17) is 15.2 Å². The van der Waals surface area contributed by atoms with Gasteiger partial charge in [0.1, 0.15) is 18.1 Å². The molecule has 78 valence electrons. The van der Waals surface area contributed by atoms with Crippen molar-refractivity contribution >= 4 is 0 Å². The van der Waals surface area contributed by atoms with Gasteiger partial charge in [0.25, 0.3) is 0 Å². The van der Waals surface area contributed by atoms with Crippen LogP contribution in [0.25, 0.3) is 0 Å². The molecule has 0 heterocycles. The molecule has 1 unspecified atom stereocenters. The quantitative estimate of drug-likeness (QED) is 0.779. The van der Waals surface area contributed by atoms with E-state index < -0.39 is 0 Å². The van der Waals surface area contributed by atoms with Gasteiger partial charge in [-0.05, 0) is 18.6 Å². The highest BCUT2D eigenvalue weighted by Crippen LogP contribution is 2.18. The monoisotopic (exact) mass is 195 g/mol. The van der Waals surface area contributed by atoms with Crippen LogP contribution in [0.3, 0.4) is 0 Å². The van der Waals surface area contributed by atoms with Crippen LogP contribution in [-0.2, 0) is 0 Å². The smallest absolute Gasteiger partial charge is 0.123 e. The Bertz CT molecular complexity index is 276. The first-order valence-electron chi connectivity index (χ1n) is 4.78. The van der Waals surface area contributed by atoms with Crippen LogP contribution in [0.4, 0.5) is 0 Å². The first-order valence-corrected chi connectivity index (χ1v) is 4.78. The van der Waals surface area contributed by atoms with Gasteiger partial charge in [0, 0.05) is 12.1 Å². The van der Waals surface area contributed by atoms with Crippen LogP contribution >= 0.6 is 0 Å². The van der Waals surface area contributed by atoms with E-state index in [-0.39, 0.29) is 6.04 Å². The molecule has 1 rings (SSSR count). The van der Waals surface area contributed by atoms with Crippen LogP contribution in [-0.4, -0.2) is 19.8 Å². The molecule has 0 saturated heterocycles. The maximum absolute atomic E-state index is 5.74. The lowest BCUT2D eigenvalue weighted by molar-refractivity contribution is 0.283. The van der Waals surface area contributed by atoms with Crippen molar-refractivity contribution in [1.82, 2.24) is 0 Å². The van der Waals surface area contributed by atoms with Crippen molar-refractivity contribution in [3.63, 3.8) is 0 Å². The Morgan fingerprint density at radius 3 is 2.71 bits per heavy atom. The van der Waals surface area contributed by atoms with Crippen LogP contribution in [0, 0.1) is 0 Å². The largest absolute Gasteiger partial charge is 0.497 e. The van der Waals surface area contributed by atoms with Gasteiger partial charge in [0.05, 0.1) is 7.11 Å². The highest BCUT2D eigenvalue weighted by Gasteiger charge is 2.01. The van der Waals surface area contributed by atoms with Crippen LogP contribution < -0.4 is 15.2 Å². The van der Waals surface area contributed by atoms with Gasteiger partial charge >= 0.3 is 0 Å². The molecule has 0 aliphatic rings. The van der Waals surface area contributed by atoms with Gasteiger partial charge in [0.2, 0.25) is 0 Å². The molecule has 2 N–H and O–H groups in total. The van der Waals surface area contributed by atoms with Crippen molar-refractivity contribution in [2.45, 2.75) is 19.4 Å². The topological polar surface area (TPSA) is 44.5 Å². The second-order valence-electron chi connectivity index (χ2n) is 3.16. The molecule has 1 atom stereocenters. The average molecular weight is 195 g/mol. The third-order valence-electron chi connectivity index (χ3n) is 2.03. The molecule has 0 spiro atoms. The molecule has 1 aromatic rings. The summed E-state index contributed by atoms with van der Waals surface area (Å²) in [4.78, 5) is 0. The molecule has 14 heavy (non-hydrogen) atoms. The Hall–Kier alpha value is -1.22. The maximum Gasteiger partial charge on any atom is 0.123 e. The molecule has 0 aliphatic heterocycles. The summed E-state index contributed by atoms with van der Waals surface area (Å²) in [6.07, 6.45) is 0.921. The first kappa shape index (κ1) is 10.9. The molecule has 3 heteroatoms. The zero-order valence-corrected chi connectivity index (χ0v) is 8.69. The van der Waals surface area contributed by atoms with Crippen LogP contribution in [0.2, 0.25) is 0 Å². The molecule has 0 aliphatic carbocycles. The second kappa shape index (κ2) is 5.50. The number of methoxy groups -OCH3 is 1. The lowest BCUT2D eigenvalue weighted by Crippen LogP contribution is -2.26. The lowest BCUT2D eigenvalue weighted by atomic mass is 10.2. The fourth-order valence-corrected chi connectivity index (χ4v) is 1.01. The van der Waals surface area contributed by atoms with Crippen molar-refractivity contribution in [2.75, 3.05) is 13.7 Å². The van der Waals surface area contributed by atoms with Gasteiger partial charge in [-0.3, -0.25) is 0 Å².